The summed E-state index contributed by atoms with van der Waals surface area (Å²) in [6.07, 6.45) is 1.67. The molecular weight excluding hydrogens is 226 g/mol. The van der Waals surface area contributed by atoms with Gasteiger partial charge in [0, 0.05) is 23.1 Å². The molecule has 1 aromatic carbocycles. The Balaban J connectivity index is 2.44. The monoisotopic (exact) mass is 241 g/mol. The first-order valence-electron chi connectivity index (χ1n) is 5.94. The molecule has 0 saturated carbocycles. The van der Waals surface area contributed by atoms with E-state index in [2.05, 4.69) is 35.7 Å². The minimum Gasteiger partial charge on any atom is -0.506 e. The van der Waals surface area contributed by atoms with Crippen LogP contribution in [0.3, 0.4) is 0 Å². The second-order valence-corrected chi connectivity index (χ2v) is 5.53. The molecule has 2 heterocycles. The number of phenolic OH excluding ortho intramolecular Hbond substituents is 1. The van der Waals surface area contributed by atoms with Crippen molar-refractivity contribution in [2.75, 3.05) is 0 Å². The average Bonchev–Trinajstić information content (AvgIpc) is 2.73. The van der Waals surface area contributed by atoms with E-state index in [1.165, 1.54) is 0 Å². The Labute approximate surface area is 105 Å². The number of phenols is 1. The molecule has 0 saturated heterocycles. The summed E-state index contributed by atoms with van der Waals surface area (Å²) in [7, 11) is 0. The van der Waals surface area contributed by atoms with Gasteiger partial charge in [-0.1, -0.05) is 20.8 Å². The topological polar surface area (TPSA) is 61.8 Å². The van der Waals surface area contributed by atoms with Crippen LogP contribution in [-0.2, 0) is 5.41 Å². The van der Waals surface area contributed by atoms with E-state index in [-0.39, 0.29) is 11.2 Å². The van der Waals surface area contributed by atoms with Gasteiger partial charge in [0.1, 0.15) is 17.1 Å². The summed E-state index contributed by atoms with van der Waals surface area (Å²) in [6.45, 7) is 6.31. The van der Waals surface area contributed by atoms with Gasteiger partial charge >= 0.3 is 0 Å². The molecule has 2 N–H and O–H groups in total. The van der Waals surface area contributed by atoms with Crippen molar-refractivity contribution in [1.29, 1.82) is 0 Å². The maximum atomic E-state index is 9.97. The van der Waals surface area contributed by atoms with Crippen LogP contribution in [0.25, 0.3) is 21.9 Å². The summed E-state index contributed by atoms with van der Waals surface area (Å²) >= 11 is 0. The summed E-state index contributed by atoms with van der Waals surface area (Å²) in [5, 5.41) is 10.8. The third-order valence-corrected chi connectivity index (χ3v) is 3.03. The van der Waals surface area contributed by atoms with E-state index in [1.807, 2.05) is 12.1 Å². The van der Waals surface area contributed by atoms with E-state index in [0.29, 0.717) is 5.52 Å². The molecule has 0 atom stereocenters. The van der Waals surface area contributed by atoms with Crippen LogP contribution >= 0.6 is 0 Å². The van der Waals surface area contributed by atoms with Gasteiger partial charge in [0.05, 0.1) is 11.0 Å². The highest BCUT2D eigenvalue weighted by molar-refractivity contribution is 6.05. The number of aromatic amines is 1. The molecule has 0 radical (unpaired) electrons. The highest BCUT2D eigenvalue weighted by Crippen LogP contribution is 2.31. The first-order valence-corrected chi connectivity index (χ1v) is 5.94. The molecule has 0 aliphatic rings. The highest BCUT2D eigenvalue weighted by Gasteiger charge is 2.19. The molecule has 18 heavy (non-hydrogen) atoms. The third-order valence-electron chi connectivity index (χ3n) is 3.03. The standard InChI is InChI=1S/C14H15N3O/c1-14(2,3)13-16-9-7-10(18)12-8(11(9)17-13)5-4-6-15-12/h4-7,18H,1-3H3,(H,16,17). The van der Waals surface area contributed by atoms with Crippen molar-refractivity contribution >= 4 is 21.9 Å². The summed E-state index contributed by atoms with van der Waals surface area (Å²) in [4.78, 5) is 12.1. The normalized spacial score (nSPS) is 12.4. The number of aromatic hydroxyl groups is 1. The summed E-state index contributed by atoms with van der Waals surface area (Å²) in [6, 6.07) is 5.47. The number of nitrogens with one attached hydrogen (secondary N) is 1. The molecule has 0 fully saturated rings. The van der Waals surface area contributed by atoms with Gasteiger partial charge in [-0.3, -0.25) is 4.98 Å². The number of fused-ring (bicyclic) bond motifs is 3. The zero-order valence-electron chi connectivity index (χ0n) is 10.7. The van der Waals surface area contributed by atoms with Gasteiger partial charge in [0.2, 0.25) is 0 Å². The third kappa shape index (κ3) is 1.53. The summed E-state index contributed by atoms with van der Waals surface area (Å²) < 4.78 is 0. The van der Waals surface area contributed by atoms with Crippen LogP contribution in [0.1, 0.15) is 26.6 Å². The van der Waals surface area contributed by atoms with Crippen LogP contribution in [-0.4, -0.2) is 20.1 Å². The predicted octanol–water partition coefficient (Wildman–Crippen LogP) is 3.11. The van der Waals surface area contributed by atoms with E-state index in [4.69, 9.17) is 0 Å². The Morgan fingerprint density at radius 3 is 2.72 bits per heavy atom. The van der Waals surface area contributed by atoms with E-state index in [9.17, 15) is 5.11 Å². The SMILES string of the molecule is CC(C)(C)c1nc2c(cc(O)c3ncccc32)[nH]1. The lowest BCUT2D eigenvalue weighted by Gasteiger charge is -2.13. The molecule has 92 valence electrons. The van der Waals surface area contributed by atoms with Crippen LogP contribution in [0.2, 0.25) is 0 Å². The minimum absolute atomic E-state index is 0.0524. The van der Waals surface area contributed by atoms with E-state index < -0.39 is 0 Å². The number of H-pyrrole nitrogens is 1. The van der Waals surface area contributed by atoms with Gasteiger partial charge in [-0.15, -0.1) is 0 Å². The fourth-order valence-corrected chi connectivity index (χ4v) is 2.06. The first kappa shape index (κ1) is 11.0. The van der Waals surface area contributed by atoms with Gasteiger partial charge in [-0.2, -0.15) is 0 Å². The largest absolute Gasteiger partial charge is 0.506 e. The average molecular weight is 241 g/mol. The van der Waals surface area contributed by atoms with Crippen LogP contribution in [0.4, 0.5) is 0 Å². The smallest absolute Gasteiger partial charge is 0.144 e. The lowest BCUT2D eigenvalue weighted by molar-refractivity contribution is 0.481. The van der Waals surface area contributed by atoms with Crippen molar-refractivity contribution in [2.45, 2.75) is 26.2 Å². The zero-order chi connectivity index (χ0) is 12.9. The Bertz CT molecular complexity index is 738. The van der Waals surface area contributed by atoms with Crippen molar-refractivity contribution in [3.05, 3.63) is 30.2 Å². The molecular formula is C14H15N3O. The number of imidazole rings is 1. The van der Waals surface area contributed by atoms with E-state index >= 15 is 0 Å². The quantitative estimate of drug-likeness (QED) is 0.635. The molecule has 3 aromatic rings. The maximum absolute atomic E-state index is 9.97. The second-order valence-electron chi connectivity index (χ2n) is 5.53. The van der Waals surface area contributed by atoms with Gasteiger partial charge < -0.3 is 10.1 Å². The van der Waals surface area contributed by atoms with E-state index in [1.54, 1.807) is 12.3 Å². The Morgan fingerprint density at radius 1 is 1.22 bits per heavy atom. The van der Waals surface area contributed by atoms with Crippen molar-refractivity contribution < 1.29 is 5.11 Å². The van der Waals surface area contributed by atoms with Crippen molar-refractivity contribution in [1.82, 2.24) is 15.0 Å². The van der Waals surface area contributed by atoms with Gasteiger partial charge in [-0.05, 0) is 12.1 Å². The molecule has 0 unspecified atom stereocenters. The highest BCUT2D eigenvalue weighted by atomic mass is 16.3. The van der Waals surface area contributed by atoms with Crippen LogP contribution in [0.5, 0.6) is 5.75 Å². The number of hydrogen-bond donors (Lipinski definition) is 2. The van der Waals surface area contributed by atoms with Crippen molar-refractivity contribution in [3.8, 4) is 5.75 Å². The number of hydrogen-bond acceptors (Lipinski definition) is 3. The Kier molecular flexibility index (Phi) is 2.11. The molecule has 4 heteroatoms. The molecule has 0 amide bonds. The Morgan fingerprint density at radius 2 is 2.00 bits per heavy atom. The van der Waals surface area contributed by atoms with Crippen LogP contribution in [0, 0.1) is 0 Å². The van der Waals surface area contributed by atoms with Crippen LogP contribution in [0.15, 0.2) is 24.4 Å². The molecule has 0 aliphatic carbocycles. The van der Waals surface area contributed by atoms with Gasteiger partial charge in [-0.25, -0.2) is 4.98 Å². The van der Waals surface area contributed by atoms with Crippen LogP contribution < -0.4 is 0 Å². The van der Waals surface area contributed by atoms with Gasteiger partial charge in [0.15, 0.2) is 0 Å². The maximum Gasteiger partial charge on any atom is 0.144 e. The number of rotatable bonds is 0. The number of pyridine rings is 1. The predicted molar refractivity (Wildman–Crippen MR) is 71.8 cm³/mol. The number of nitrogens with zero attached hydrogens (tertiary/aromatic N) is 2. The molecule has 2 aromatic heterocycles. The fraction of sp³-hybridized carbons (Fsp3) is 0.286. The molecule has 0 spiro atoms. The van der Waals surface area contributed by atoms with Gasteiger partial charge in [0.25, 0.3) is 0 Å². The summed E-state index contributed by atoms with van der Waals surface area (Å²) in [5.74, 6) is 1.09. The number of benzene rings is 1. The fourth-order valence-electron chi connectivity index (χ4n) is 2.06. The second kappa shape index (κ2) is 3.45. The minimum atomic E-state index is -0.0524. The first-order chi connectivity index (χ1) is 8.47. The lowest BCUT2D eigenvalue weighted by Crippen LogP contribution is -2.12. The van der Waals surface area contributed by atoms with E-state index in [0.717, 1.165) is 22.2 Å². The summed E-state index contributed by atoms with van der Waals surface area (Å²) in [5.41, 5.74) is 2.25. The molecule has 0 bridgehead atoms. The lowest BCUT2D eigenvalue weighted by atomic mass is 9.96. The molecule has 3 rings (SSSR count). The Hall–Kier alpha value is -2.10. The molecule has 0 aliphatic heterocycles. The molecule has 4 nitrogen and oxygen atoms in total. The number of aromatic nitrogens is 3. The van der Waals surface area contributed by atoms with Crippen molar-refractivity contribution in [3.63, 3.8) is 0 Å². The van der Waals surface area contributed by atoms with Crippen molar-refractivity contribution in [2.24, 2.45) is 0 Å². The zero-order valence-corrected chi connectivity index (χ0v) is 10.7.